The quantitative estimate of drug-likeness (QED) is 0.772. The summed E-state index contributed by atoms with van der Waals surface area (Å²) in [6, 6.07) is 9.06. The van der Waals surface area contributed by atoms with Crippen molar-refractivity contribution in [1.29, 1.82) is 0 Å². The highest BCUT2D eigenvalue weighted by Gasteiger charge is 2.15. The number of hydrogen-bond donors (Lipinski definition) is 2. The van der Waals surface area contributed by atoms with E-state index in [4.69, 9.17) is 16.3 Å². The number of hydrogen-bond acceptors (Lipinski definition) is 7. The van der Waals surface area contributed by atoms with E-state index in [9.17, 15) is 4.79 Å². The molecule has 1 amide bonds. The highest BCUT2D eigenvalue weighted by atomic mass is 35.5. The molecule has 0 aliphatic heterocycles. The first-order valence-electron chi connectivity index (χ1n) is 6.82. The minimum atomic E-state index is -0.699. The molecule has 0 saturated carbocycles. The van der Waals surface area contributed by atoms with Gasteiger partial charge in [0.15, 0.2) is 6.10 Å². The molecule has 1 aromatic carbocycles. The van der Waals surface area contributed by atoms with Gasteiger partial charge in [-0.3, -0.25) is 15.6 Å². The monoisotopic (exact) mass is 336 g/mol. The van der Waals surface area contributed by atoms with Gasteiger partial charge in [0.05, 0.1) is 0 Å². The summed E-state index contributed by atoms with van der Waals surface area (Å²) in [5.41, 5.74) is 5.06. The van der Waals surface area contributed by atoms with Crippen LogP contribution in [0.15, 0.2) is 30.3 Å². The third-order valence-electron chi connectivity index (χ3n) is 2.72. The van der Waals surface area contributed by atoms with E-state index < -0.39 is 6.10 Å². The Morgan fingerprint density at radius 2 is 1.91 bits per heavy atom. The molecule has 1 aromatic heterocycles. The van der Waals surface area contributed by atoms with Gasteiger partial charge in [-0.15, -0.1) is 0 Å². The van der Waals surface area contributed by atoms with E-state index in [2.05, 4.69) is 25.8 Å². The molecule has 2 aromatic rings. The summed E-state index contributed by atoms with van der Waals surface area (Å²) in [5, 5.41) is 0.0223. The second-order valence-corrected chi connectivity index (χ2v) is 5.15. The molecule has 8 nitrogen and oxygen atoms in total. The van der Waals surface area contributed by atoms with Crippen LogP contribution in [0.1, 0.15) is 6.92 Å². The Labute approximate surface area is 138 Å². The van der Waals surface area contributed by atoms with Gasteiger partial charge in [-0.05, 0) is 30.7 Å². The lowest BCUT2D eigenvalue weighted by atomic mass is 10.3. The number of amides is 1. The summed E-state index contributed by atoms with van der Waals surface area (Å²) in [7, 11) is 3.54. The van der Waals surface area contributed by atoms with Gasteiger partial charge in [0.2, 0.25) is 17.2 Å². The van der Waals surface area contributed by atoms with Crippen molar-refractivity contribution in [3.63, 3.8) is 0 Å². The van der Waals surface area contributed by atoms with Crippen LogP contribution in [0.2, 0.25) is 5.28 Å². The summed E-state index contributed by atoms with van der Waals surface area (Å²) in [4.78, 5) is 25.6. The predicted molar refractivity (Wildman–Crippen MR) is 87.5 cm³/mol. The van der Waals surface area contributed by atoms with E-state index in [1.54, 1.807) is 38.1 Å². The van der Waals surface area contributed by atoms with Gasteiger partial charge in [0.25, 0.3) is 5.91 Å². The third-order valence-corrected chi connectivity index (χ3v) is 2.89. The minimum Gasteiger partial charge on any atom is -0.481 e. The standard InChI is InChI=1S/C14H17ClN6O2/c1-9(23-10-7-5-4-6-8-10)11(22)19-20-13-16-12(15)17-14(18-13)21(2)3/h4-9H,1-3H3,(H,19,22)(H,16,17,18,20). The number of carbonyl (C=O) groups is 1. The number of nitrogens with one attached hydrogen (secondary N) is 2. The van der Waals surface area contributed by atoms with Crippen molar-refractivity contribution < 1.29 is 9.53 Å². The summed E-state index contributed by atoms with van der Waals surface area (Å²) >= 11 is 5.81. The average molecular weight is 337 g/mol. The molecule has 23 heavy (non-hydrogen) atoms. The van der Waals surface area contributed by atoms with Gasteiger partial charge in [0, 0.05) is 14.1 Å². The first kappa shape index (κ1) is 16.8. The van der Waals surface area contributed by atoms with Crippen LogP contribution in [-0.2, 0) is 4.79 Å². The van der Waals surface area contributed by atoms with Crippen LogP contribution >= 0.6 is 11.6 Å². The van der Waals surface area contributed by atoms with E-state index in [1.165, 1.54) is 0 Å². The van der Waals surface area contributed by atoms with Crippen LogP contribution < -0.4 is 20.5 Å². The fraction of sp³-hybridized carbons (Fsp3) is 0.286. The fourth-order valence-electron chi connectivity index (χ4n) is 1.57. The van der Waals surface area contributed by atoms with Gasteiger partial charge in [-0.2, -0.15) is 15.0 Å². The SMILES string of the molecule is CC(Oc1ccccc1)C(=O)NNc1nc(Cl)nc(N(C)C)n1. The number of benzene rings is 1. The summed E-state index contributed by atoms with van der Waals surface area (Å²) in [5.74, 6) is 0.731. The van der Waals surface area contributed by atoms with Crippen LogP contribution in [0.4, 0.5) is 11.9 Å². The molecule has 0 radical (unpaired) electrons. The van der Waals surface area contributed by atoms with Crippen LogP contribution in [0.5, 0.6) is 5.75 Å². The lowest BCUT2D eigenvalue weighted by molar-refractivity contribution is -0.126. The minimum absolute atomic E-state index is 0.0223. The molecule has 1 heterocycles. The first-order chi connectivity index (χ1) is 11.0. The van der Waals surface area contributed by atoms with Crippen molar-refractivity contribution in [3.8, 4) is 5.75 Å². The summed E-state index contributed by atoms with van der Waals surface area (Å²) < 4.78 is 5.51. The van der Waals surface area contributed by atoms with Gasteiger partial charge in [-0.1, -0.05) is 18.2 Å². The largest absolute Gasteiger partial charge is 0.481 e. The Kier molecular flexibility index (Phi) is 5.53. The third kappa shape index (κ3) is 4.96. The predicted octanol–water partition coefficient (Wildman–Crippen LogP) is 1.50. The maximum absolute atomic E-state index is 12.0. The summed E-state index contributed by atoms with van der Waals surface area (Å²) in [6.07, 6.45) is -0.699. The Morgan fingerprint density at radius 3 is 2.57 bits per heavy atom. The highest BCUT2D eigenvalue weighted by molar-refractivity contribution is 6.28. The molecule has 9 heteroatoms. The normalized spacial score (nSPS) is 11.5. The van der Waals surface area contributed by atoms with Crippen LogP contribution in [-0.4, -0.2) is 41.1 Å². The van der Waals surface area contributed by atoms with E-state index in [-0.39, 0.29) is 17.1 Å². The zero-order valence-electron chi connectivity index (χ0n) is 12.9. The number of halogens is 1. The van der Waals surface area contributed by atoms with Gasteiger partial charge in [-0.25, -0.2) is 0 Å². The molecule has 122 valence electrons. The van der Waals surface area contributed by atoms with E-state index in [0.717, 1.165) is 0 Å². The zero-order valence-corrected chi connectivity index (χ0v) is 13.7. The Bertz CT molecular complexity index is 668. The second kappa shape index (κ2) is 7.59. The molecule has 1 atom stereocenters. The first-order valence-corrected chi connectivity index (χ1v) is 7.20. The van der Waals surface area contributed by atoms with E-state index >= 15 is 0 Å². The van der Waals surface area contributed by atoms with Crippen LogP contribution in [0, 0.1) is 0 Å². The smallest absolute Gasteiger partial charge is 0.279 e. The second-order valence-electron chi connectivity index (χ2n) is 4.81. The maximum Gasteiger partial charge on any atom is 0.279 e. The molecular weight excluding hydrogens is 320 g/mol. The number of aromatic nitrogens is 3. The molecule has 2 N–H and O–H groups in total. The molecule has 0 spiro atoms. The van der Waals surface area contributed by atoms with Crippen LogP contribution in [0.3, 0.4) is 0 Å². The van der Waals surface area contributed by atoms with Crippen molar-refractivity contribution in [2.45, 2.75) is 13.0 Å². The van der Waals surface area contributed by atoms with Gasteiger partial charge < -0.3 is 9.64 Å². The van der Waals surface area contributed by atoms with Crippen LogP contribution in [0.25, 0.3) is 0 Å². The molecule has 0 saturated heterocycles. The molecule has 1 unspecified atom stereocenters. The van der Waals surface area contributed by atoms with Crippen molar-refractivity contribution in [3.05, 3.63) is 35.6 Å². The number of ether oxygens (including phenoxy) is 1. The number of hydrazine groups is 1. The van der Waals surface area contributed by atoms with Crippen molar-refractivity contribution in [2.75, 3.05) is 24.4 Å². The Balaban J connectivity index is 1.93. The molecule has 0 fully saturated rings. The maximum atomic E-state index is 12.0. The number of rotatable bonds is 6. The zero-order chi connectivity index (χ0) is 16.8. The molecular formula is C14H17ClN6O2. The molecule has 0 aliphatic rings. The fourth-order valence-corrected chi connectivity index (χ4v) is 1.73. The number of nitrogens with zero attached hydrogens (tertiary/aromatic N) is 4. The lowest BCUT2D eigenvalue weighted by Gasteiger charge is -2.16. The molecule has 2 rings (SSSR count). The van der Waals surface area contributed by atoms with Crippen molar-refractivity contribution >= 4 is 29.4 Å². The summed E-state index contributed by atoms with van der Waals surface area (Å²) in [6.45, 7) is 1.63. The lowest BCUT2D eigenvalue weighted by Crippen LogP contribution is -2.40. The van der Waals surface area contributed by atoms with E-state index in [0.29, 0.717) is 11.7 Å². The topological polar surface area (TPSA) is 92.3 Å². The van der Waals surface area contributed by atoms with E-state index in [1.807, 2.05) is 18.2 Å². The highest BCUT2D eigenvalue weighted by Crippen LogP contribution is 2.12. The van der Waals surface area contributed by atoms with Gasteiger partial charge >= 0.3 is 0 Å². The molecule has 0 bridgehead atoms. The van der Waals surface area contributed by atoms with Crippen molar-refractivity contribution in [2.24, 2.45) is 0 Å². The molecule has 0 aliphatic carbocycles. The number of para-hydroxylation sites is 1. The van der Waals surface area contributed by atoms with Gasteiger partial charge in [0.1, 0.15) is 5.75 Å². The van der Waals surface area contributed by atoms with Crippen molar-refractivity contribution in [1.82, 2.24) is 20.4 Å². The Hall–Kier alpha value is -2.61. The Morgan fingerprint density at radius 1 is 1.22 bits per heavy atom. The average Bonchev–Trinajstić information content (AvgIpc) is 2.53. The number of anilines is 2. The number of carbonyl (C=O) groups excluding carboxylic acids is 1.